The summed E-state index contributed by atoms with van der Waals surface area (Å²) in [4.78, 5) is 20.4. The largest absolute Gasteiger partial charge is 0.493 e. The van der Waals surface area contributed by atoms with Crippen LogP contribution >= 0.6 is 0 Å². The molecular formula is C24H27N5O4S. The lowest BCUT2D eigenvalue weighted by molar-refractivity contribution is 0.341. The van der Waals surface area contributed by atoms with Crippen LogP contribution in [-0.4, -0.2) is 34.8 Å². The van der Waals surface area contributed by atoms with Gasteiger partial charge in [0.2, 0.25) is 0 Å². The van der Waals surface area contributed by atoms with Crippen LogP contribution in [0.5, 0.6) is 5.75 Å². The van der Waals surface area contributed by atoms with E-state index in [0.717, 1.165) is 17.7 Å². The van der Waals surface area contributed by atoms with Gasteiger partial charge in [-0.15, -0.1) is 0 Å². The van der Waals surface area contributed by atoms with Crippen LogP contribution in [0.4, 0.5) is 5.69 Å². The van der Waals surface area contributed by atoms with Crippen LogP contribution < -0.4 is 15.0 Å². The zero-order valence-corrected chi connectivity index (χ0v) is 20.4. The Morgan fingerprint density at radius 2 is 1.85 bits per heavy atom. The number of benzene rings is 2. The summed E-state index contributed by atoms with van der Waals surface area (Å²) in [5, 5.41) is 4.44. The van der Waals surface area contributed by atoms with Crippen LogP contribution in [0.3, 0.4) is 0 Å². The number of H-pyrrole nitrogens is 1. The molecule has 4 rings (SSSR count). The molecule has 0 saturated carbocycles. The minimum Gasteiger partial charge on any atom is -0.493 e. The third kappa shape index (κ3) is 4.54. The first-order valence-corrected chi connectivity index (χ1v) is 12.5. The Bertz CT molecular complexity index is 1510. The predicted molar refractivity (Wildman–Crippen MR) is 132 cm³/mol. The van der Waals surface area contributed by atoms with E-state index in [9.17, 15) is 13.2 Å². The fraction of sp³-hybridized carbons (Fsp3) is 0.292. The molecule has 0 saturated heterocycles. The SMILES string of the molecule is CCCc1nn(C)c2c(=O)[nH]c(-c3cc(S(=O)(=O)Nc4ccc(C)cc4)ccc3OCC)nc12. The minimum absolute atomic E-state index is 0.0224. The van der Waals surface area contributed by atoms with Crippen molar-refractivity contribution in [2.24, 2.45) is 7.05 Å². The van der Waals surface area contributed by atoms with E-state index in [1.165, 1.54) is 16.8 Å². The average molecular weight is 482 g/mol. The molecule has 0 atom stereocenters. The van der Waals surface area contributed by atoms with Gasteiger partial charge in [-0.2, -0.15) is 5.10 Å². The Balaban J connectivity index is 1.85. The molecule has 10 heteroatoms. The van der Waals surface area contributed by atoms with Gasteiger partial charge in [0.1, 0.15) is 17.1 Å². The van der Waals surface area contributed by atoms with Crippen LogP contribution in [0.25, 0.3) is 22.4 Å². The standard InChI is InChI=1S/C24H27N5O4S/c1-5-7-19-21-22(29(4)27-19)24(30)26-23(25-21)18-14-17(12-13-20(18)33-6-2)34(31,32)28-16-10-8-15(3)9-11-16/h8-14,28H,5-7H2,1-4H3,(H,25,26,30). The molecule has 178 valence electrons. The first-order valence-electron chi connectivity index (χ1n) is 11.1. The average Bonchev–Trinajstić information content (AvgIpc) is 3.11. The number of aryl methyl sites for hydroxylation is 3. The van der Waals surface area contributed by atoms with E-state index in [1.54, 1.807) is 25.2 Å². The molecule has 2 N–H and O–H groups in total. The zero-order chi connectivity index (χ0) is 24.5. The van der Waals surface area contributed by atoms with Gasteiger partial charge in [0.15, 0.2) is 5.52 Å². The van der Waals surface area contributed by atoms with Crippen LogP contribution in [0, 0.1) is 6.92 Å². The number of sulfonamides is 1. The minimum atomic E-state index is -3.90. The van der Waals surface area contributed by atoms with Crippen molar-refractivity contribution in [2.45, 2.75) is 38.5 Å². The molecule has 0 fully saturated rings. The Hall–Kier alpha value is -3.66. The first kappa shape index (κ1) is 23.5. The monoisotopic (exact) mass is 481 g/mol. The van der Waals surface area contributed by atoms with Crippen LogP contribution in [-0.2, 0) is 23.5 Å². The van der Waals surface area contributed by atoms with Gasteiger partial charge in [-0.05, 0) is 50.6 Å². The zero-order valence-electron chi connectivity index (χ0n) is 19.5. The van der Waals surface area contributed by atoms with Crippen LogP contribution in [0.2, 0.25) is 0 Å². The van der Waals surface area contributed by atoms with Crippen molar-refractivity contribution in [3.63, 3.8) is 0 Å². The number of hydrogen-bond donors (Lipinski definition) is 2. The van der Waals surface area contributed by atoms with E-state index in [-0.39, 0.29) is 16.3 Å². The Kier molecular flexibility index (Phi) is 6.43. The molecule has 2 aromatic carbocycles. The summed E-state index contributed by atoms with van der Waals surface area (Å²) in [6, 6.07) is 11.6. The number of ether oxygens (including phenoxy) is 1. The summed E-state index contributed by atoms with van der Waals surface area (Å²) in [7, 11) is -2.19. The molecule has 0 unspecified atom stereocenters. The van der Waals surface area contributed by atoms with Crippen molar-refractivity contribution in [1.29, 1.82) is 0 Å². The number of aromatic amines is 1. The lowest BCUT2D eigenvalue weighted by atomic mass is 10.1. The summed E-state index contributed by atoms with van der Waals surface area (Å²) in [6.45, 7) is 6.14. The lowest BCUT2D eigenvalue weighted by Gasteiger charge is -2.13. The van der Waals surface area contributed by atoms with Gasteiger partial charge >= 0.3 is 0 Å². The highest BCUT2D eigenvalue weighted by Gasteiger charge is 2.21. The summed E-state index contributed by atoms with van der Waals surface area (Å²) in [5.74, 6) is 0.638. The topological polar surface area (TPSA) is 119 Å². The highest BCUT2D eigenvalue weighted by molar-refractivity contribution is 7.92. The van der Waals surface area contributed by atoms with Gasteiger partial charge in [-0.25, -0.2) is 13.4 Å². The Labute approximate surface area is 197 Å². The van der Waals surface area contributed by atoms with Gasteiger partial charge in [0.25, 0.3) is 15.6 Å². The maximum atomic E-state index is 13.1. The number of rotatable bonds is 8. The van der Waals surface area contributed by atoms with E-state index in [1.807, 2.05) is 32.9 Å². The van der Waals surface area contributed by atoms with Gasteiger partial charge in [-0.3, -0.25) is 14.2 Å². The van der Waals surface area contributed by atoms with Crippen molar-refractivity contribution in [3.8, 4) is 17.1 Å². The van der Waals surface area contributed by atoms with Crippen molar-refractivity contribution < 1.29 is 13.2 Å². The van der Waals surface area contributed by atoms with E-state index in [2.05, 4.69) is 19.8 Å². The highest BCUT2D eigenvalue weighted by Crippen LogP contribution is 2.31. The second-order valence-electron chi connectivity index (χ2n) is 7.99. The molecule has 0 amide bonds. The van der Waals surface area contributed by atoms with Crippen molar-refractivity contribution in [3.05, 3.63) is 64.1 Å². The maximum Gasteiger partial charge on any atom is 0.277 e. The van der Waals surface area contributed by atoms with Crippen LogP contribution in [0.15, 0.2) is 52.2 Å². The summed E-state index contributed by atoms with van der Waals surface area (Å²) < 4.78 is 36.0. The van der Waals surface area contributed by atoms with E-state index >= 15 is 0 Å². The van der Waals surface area contributed by atoms with Gasteiger partial charge in [0.05, 0.1) is 22.8 Å². The van der Waals surface area contributed by atoms with Gasteiger partial charge < -0.3 is 9.72 Å². The number of anilines is 1. The molecule has 4 aromatic rings. The van der Waals surface area contributed by atoms with E-state index < -0.39 is 10.0 Å². The molecule has 2 aromatic heterocycles. The highest BCUT2D eigenvalue weighted by atomic mass is 32.2. The molecule has 0 aliphatic rings. The van der Waals surface area contributed by atoms with Gasteiger partial charge in [-0.1, -0.05) is 31.0 Å². The molecular weight excluding hydrogens is 454 g/mol. The third-order valence-electron chi connectivity index (χ3n) is 5.37. The van der Waals surface area contributed by atoms with Crippen molar-refractivity contribution >= 4 is 26.7 Å². The number of aromatic nitrogens is 4. The Morgan fingerprint density at radius 1 is 1.12 bits per heavy atom. The smallest absolute Gasteiger partial charge is 0.277 e. The number of nitrogens with zero attached hydrogens (tertiary/aromatic N) is 3. The number of hydrogen-bond acceptors (Lipinski definition) is 6. The molecule has 2 heterocycles. The van der Waals surface area contributed by atoms with Crippen molar-refractivity contribution in [1.82, 2.24) is 19.7 Å². The normalized spacial score (nSPS) is 11.6. The summed E-state index contributed by atoms with van der Waals surface area (Å²) in [5.41, 5.74) is 3.08. The van der Waals surface area contributed by atoms with E-state index in [4.69, 9.17) is 4.74 Å². The molecule has 0 bridgehead atoms. The molecule has 0 aliphatic carbocycles. The van der Waals surface area contributed by atoms with Crippen molar-refractivity contribution in [2.75, 3.05) is 11.3 Å². The predicted octanol–water partition coefficient (Wildman–Crippen LogP) is 3.78. The number of fused-ring (bicyclic) bond motifs is 1. The number of nitrogens with one attached hydrogen (secondary N) is 2. The first-order chi connectivity index (χ1) is 16.2. The molecule has 0 spiro atoms. The lowest BCUT2D eigenvalue weighted by Crippen LogP contribution is -2.15. The second kappa shape index (κ2) is 9.30. The quantitative estimate of drug-likeness (QED) is 0.395. The second-order valence-corrected chi connectivity index (χ2v) is 9.68. The van der Waals surface area contributed by atoms with E-state index in [0.29, 0.717) is 41.1 Å². The molecule has 34 heavy (non-hydrogen) atoms. The molecule has 9 nitrogen and oxygen atoms in total. The Morgan fingerprint density at radius 3 is 2.53 bits per heavy atom. The fourth-order valence-electron chi connectivity index (χ4n) is 3.76. The molecule has 0 aliphatic heterocycles. The molecule has 0 radical (unpaired) electrons. The third-order valence-corrected chi connectivity index (χ3v) is 6.75. The summed E-state index contributed by atoms with van der Waals surface area (Å²) >= 11 is 0. The maximum absolute atomic E-state index is 13.1. The van der Waals surface area contributed by atoms with Gasteiger partial charge in [0, 0.05) is 12.7 Å². The fourth-order valence-corrected chi connectivity index (χ4v) is 4.84. The van der Waals surface area contributed by atoms with Crippen LogP contribution in [0.1, 0.15) is 31.5 Å². The summed E-state index contributed by atoms with van der Waals surface area (Å²) in [6.07, 6.45) is 1.51.